The maximum Gasteiger partial charge on any atom is 0.0591 e. The van der Waals surface area contributed by atoms with Gasteiger partial charge in [0, 0.05) is 10.0 Å². The third-order valence-electron chi connectivity index (χ3n) is 3.05. The maximum absolute atomic E-state index is 6.27. The molecule has 2 aromatic carbocycles. The van der Waals surface area contributed by atoms with E-state index in [1.807, 2.05) is 49.5 Å². The van der Waals surface area contributed by atoms with Crippen molar-refractivity contribution in [2.24, 2.45) is 0 Å². The molecule has 0 aliphatic heterocycles. The molecule has 94 valence electrons. The Hall–Kier alpha value is -1.02. The summed E-state index contributed by atoms with van der Waals surface area (Å²) in [4.78, 5) is 0. The predicted octanol–water partition coefficient (Wildman–Crippen LogP) is 4.61. The monoisotopic (exact) mass is 279 g/mol. The van der Waals surface area contributed by atoms with Crippen molar-refractivity contribution in [3.63, 3.8) is 0 Å². The van der Waals surface area contributed by atoms with Crippen molar-refractivity contribution in [1.29, 1.82) is 0 Å². The summed E-state index contributed by atoms with van der Waals surface area (Å²) in [6.45, 7) is 2.06. The molecule has 1 atom stereocenters. The Morgan fingerprint density at radius 3 is 2.33 bits per heavy atom. The second-order valence-electron chi connectivity index (χ2n) is 4.24. The molecule has 0 aliphatic rings. The van der Waals surface area contributed by atoms with Crippen LogP contribution in [0.4, 0.5) is 0 Å². The van der Waals surface area contributed by atoms with E-state index in [-0.39, 0.29) is 6.04 Å². The molecule has 1 unspecified atom stereocenters. The van der Waals surface area contributed by atoms with Gasteiger partial charge in [-0.15, -0.1) is 0 Å². The molecule has 2 aromatic rings. The summed E-state index contributed by atoms with van der Waals surface area (Å²) in [5.74, 6) is 0. The van der Waals surface area contributed by atoms with Gasteiger partial charge in [0.25, 0.3) is 0 Å². The minimum Gasteiger partial charge on any atom is -0.309 e. The minimum absolute atomic E-state index is 0.0796. The fourth-order valence-electron chi connectivity index (χ4n) is 2.15. The fourth-order valence-corrected chi connectivity index (χ4v) is 2.62. The van der Waals surface area contributed by atoms with Crippen LogP contribution in [0.3, 0.4) is 0 Å². The summed E-state index contributed by atoms with van der Waals surface area (Å²) in [5, 5.41) is 4.83. The molecule has 18 heavy (non-hydrogen) atoms. The first-order valence-electron chi connectivity index (χ1n) is 5.81. The summed E-state index contributed by atoms with van der Waals surface area (Å²) < 4.78 is 0. The standard InChI is InChI=1S/C15H15Cl2N/c1-10-9-11(16)7-8-12(10)15(18-2)13-5-3-4-6-14(13)17/h3-9,15,18H,1-2H3. The Bertz CT molecular complexity index is 552. The number of aryl methyl sites for hydroxylation is 1. The molecule has 0 aliphatic carbocycles. The van der Waals surface area contributed by atoms with Gasteiger partial charge in [0.1, 0.15) is 0 Å². The van der Waals surface area contributed by atoms with Crippen molar-refractivity contribution in [1.82, 2.24) is 5.32 Å². The molecule has 0 saturated heterocycles. The molecule has 3 heteroatoms. The van der Waals surface area contributed by atoms with E-state index in [4.69, 9.17) is 23.2 Å². The topological polar surface area (TPSA) is 12.0 Å². The van der Waals surface area contributed by atoms with Crippen LogP contribution in [-0.2, 0) is 0 Å². The fraction of sp³-hybridized carbons (Fsp3) is 0.200. The van der Waals surface area contributed by atoms with Gasteiger partial charge in [-0.1, -0.05) is 47.5 Å². The highest BCUT2D eigenvalue weighted by atomic mass is 35.5. The van der Waals surface area contributed by atoms with Gasteiger partial charge in [0.05, 0.1) is 6.04 Å². The molecule has 0 heterocycles. The van der Waals surface area contributed by atoms with Gasteiger partial charge in [0.15, 0.2) is 0 Å². The zero-order valence-electron chi connectivity index (χ0n) is 10.4. The van der Waals surface area contributed by atoms with Crippen molar-refractivity contribution in [2.75, 3.05) is 7.05 Å². The smallest absolute Gasteiger partial charge is 0.0591 e. The van der Waals surface area contributed by atoms with E-state index in [1.165, 1.54) is 5.56 Å². The third-order valence-corrected chi connectivity index (χ3v) is 3.63. The third kappa shape index (κ3) is 2.69. The van der Waals surface area contributed by atoms with E-state index in [9.17, 15) is 0 Å². The quantitative estimate of drug-likeness (QED) is 0.865. The molecule has 0 amide bonds. The predicted molar refractivity (Wildman–Crippen MR) is 78.5 cm³/mol. The number of halogens is 2. The largest absolute Gasteiger partial charge is 0.309 e. The Kier molecular flexibility index (Phi) is 4.28. The summed E-state index contributed by atoms with van der Waals surface area (Å²) >= 11 is 12.3. The molecule has 0 bridgehead atoms. The minimum atomic E-state index is 0.0796. The molecular weight excluding hydrogens is 265 g/mol. The number of hydrogen-bond acceptors (Lipinski definition) is 1. The van der Waals surface area contributed by atoms with Gasteiger partial charge in [-0.05, 0) is 48.9 Å². The number of nitrogens with one attached hydrogen (secondary N) is 1. The van der Waals surface area contributed by atoms with E-state index in [0.29, 0.717) is 0 Å². The molecule has 1 nitrogen and oxygen atoms in total. The van der Waals surface area contributed by atoms with Crippen molar-refractivity contribution in [3.05, 3.63) is 69.2 Å². The Morgan fingerprint density at radius 1 is 1.00 bits per heavy atom. The van der Waals surface area contributed by atoms with E-state index in [2.05, 4.69) is 12.2 Å². The second-order valence-corrected chi connectivity index (χ2v) is 5.09. The lowest BCUT2D eigenvalue weighted by atomic mass is 9.95. The SMILES string of the molecule is CNC(c1ccc(Cl)cc1C)c1ccccc1Cl. The average molecular weight is 280 g/mol. The van der Waals surface area contributed by atoms with E-state index in [1.54, 1.807) is 0 Å². The van der Waals surface area contributed by atoms with E-state index in [0.717, 1.165) is 21.2 Å². The maximum atomic E-state index is 6.27. The highest BCUT2D eigenvalue weighted by Gasteiger charge is 2.16. The number of benzene rings is 2. The van der Waals surface area contributed by atoms with E-state index >= 15 is 0 Å². The lowest BCUT2D eigenvalue weighted by Gasteiger charge is -2.20. The Balaban J connectivity index is 2.49. The lowest BCUT2D eigenvalue weighted by molar-refractivity contribution is 0.688. The van der Waals surface area contributed by atoms with Crippen LogP contribution in [0.25, 0.3) is 0 Å². The first-order chi connectivity index (χ1) is 8.63. The van der Waals surface area contributed by atoms with E-state index < -0.39 is 0 Å². The van der Waals surface area contributed by atoms with Crippen LogP contribution in [0.15, 0.2) is 42.5 Å². The van der Waals surface area contributed by atoms with Gasteiger partial charge in [-0.2, -0.15) is 0 Å². The van der Waals surface area contributed by atoms with Crippen molar-refractivity contribution < 1.29 is 0 Å². The van der Waals surface area contributed by atoms with Gasteiger partial charge in [-0.25, -0.2) is 0 Å². The Labute approximate surface area is 118 Å². The van der Waals surface area contributed by atoms with Gasteiger partial charge < -0.3 is 5.32 Å². The van der Waals surface area contributed by atoms with Crippen LogP contribution >= 0.6 is 23.2 Å². The highest BCUT2D eigenvalue weighted by Crippen LogP contribution is 2.30. The zero-order valence-corrected chi connectivity index (χ0v) is 11.9. The van der Waals surface area contributed by atoms with Crippen LogP contribution in [0, 0.1) is 6.92 Å². The van der Waals surface area contributed by atoms with Crippen LogP contribution < -0.4 is 5.32 Å². The van der Waals surface area contributed by atoms with Crippen molar-refractivity contribution in [2.45, 2.75) is 13.0 Å². The summed E-state index contributed by atoms with van der Waals surface area (Å²) in [6.07, 6.45) is 0. The normalized spacial score (nSPS) is 12.4. The second kappa shape index (κ2) is 5.75. The van der Waals surface area contributed by atoms with Crippen molar-refractivity contribution in [3.8, 4) is 0 Å². The molecule has 0 saturated carbocycles. The van der Waals surface area contributed by atoms with Gasteiger partial charge in [-0.3, -0.25) is 0 Å². The summed E-state index contributed by atoms with van der Waals surface area (Å²) in [6, 6.07) is 13.9. The van der Waals surface area contributed by atoms with Gasteiger partial charge in [0.2, 0.25) is 0 Å². The molecule has 0 radical (unpaired) electrons. The van der Waals surface area contributed by atoms with Crippen LogP contribution in [0.5, 0.6) is 0 Å². The van der Waals surface area contributed by atoms with Gasteiger partial charge >= 0.3 is 0 Å². The molecular formula is C15H15Cl2N. The van der Waals surface area contributed by atoms with Crippen LogP contribution in [-0.4, -0.2) is 7.05 Å². The summed E-state index contributed by atoms with van der Waals surface area (Å²) in [5.41, 5.74) is 3.42. The lowest BCUT2D eigenvalue weighted by Crippen LogP contribution is -2.19. The highest BCUT2D eigenvalue weighted by molar-refractivity contribution is 6.31. The van der Waals surface area contributed by atoms with Crippen LogP contribution in [0.1, 0.15) is 22.7 Å². The molecule has 0 aromatic heterocycles. The molecule has 1 N–H and O–H groups in total. The molecule has 0 spiro atoms. The first-order valence-corrected chi connectivity index (χ1v) is 6.57. The number of hydrogen-bond donors (Lipinski definition) is 1. The number of rotatable bonds is 3. The Morgan fingerprint density at radius 2 is 1.72 bits per heavy atom. The summed E-state index contributed by atoms with van der Waals surface area (Å²) in [7, 11) is 1.93. The molecule has 0 fully saturated rings. The van der Waals surface area contributed by atoms with Crippen molar-refractivity contribution >= 4 is 23.2 Å². The average Bonchev–Trinajstić information content (AvgIpc) is 2.34. The molecule has 2 rings (SSSR count). The van der Waals surface area contributed by atoms with Crippen LogP contribution in [0.2, 0.25) is 10.0 Å². The first kappa shape index (κ1) is 13.4. The zero-order chi connectivity index (χ0) is 13.1.